The summed E-state index contributed by atoms with van der Waals surface area (Å²) in [6.07, 6.45) is 3.72. The Labute approximate surface area is 165 Å². The van der Waals surface area contributed by atoms with E-state index in [1.807, 2.05) is 30.5 Å². The van der Waals surface area contributed by atoms with E-state index in [1.54, 1.807) is 6.20 Å². The molecule has 2 nitrogen and oxygen atoms in total. The first kappa shape index (κ1) is 17.7. The minimum Gasteiger partial charge on any atom is -0.399 e. The van der Waals surface area contributed by atoms with Gasteiger partial charge in [0.1, 0.15) is 0 Å². The minimum atomic E-state index is 0.766. The number of hydrogen-bond donors (Lipinski definition) is 1. The number of hydrogen-bond acceptors (Lipinski definition) is 2. The summed E-state index contributed by atoms with van der Waals surface area (Å²) in [6, 6.07) is 31.2. The predicted octanol–water partition coefficient (Wildman–Crippen LogP) is 4.13. The Morgan fingerprint density at radius 3 is 1.93 bits per heavy atom. The molecule has 0 saturated heterocycles. The van der Waals surface area contributed by atoms with Gasteiger partial charge < -0.3 is 5.73 Å². The first-order valence-corrected chi connectivity index (χ1v) is 9.36. The van der Waals surface area contributed by atoms with E-state index >= 15 is 0 Å². The van der Waals surface area contributed by atoms with Crippen LogP contribution in [0.15, 0.2) is 103 Å². The Balaban J connectivity index is 2.13. The van der Waals surface area contributed by atoms with E-state index in [-0.39, 0.29) is 0 Å². The molecule has 0 atom stereocenters. The molecule has 0 aliphatic heterocycles. The monoisotopic (exact) mass is 362 g/mol. The first-order valence-electron chi connectivity index (χ1n) is 9.36. The predicted molar refractivity (Wildman–Crippen MR) is 117 cm³/mol. The topological polar surface area (TPSA) is 38.9 Å². The van der Waals surface area contributed by atoms with Gasteiger partial charge in [0.15, 0.2) is 0 Å². The molecule has 28 heavy (non-hydrogen) atoms. The third-order valence-electron chi connectivity index (χ3n) is 4.96. The molecular weight excluding hydrogens is 340 g/mol. The number of nitrogens with two attached hydrogens (primary N) is 1. The molecule has 0 spiro atoms. The number of anilines is 1. The van der Waals surface area contributed by atoms with Crippen LogP contribution in [0.25, 0.3) is 11.1 Å². The largest absolute Gasteiger partial charge is 0.399 e. The highest BCUT2D eigenvalue weighted by atomic mass is 14.6. The van der Waals surface area contributed by atoms with Gasteiger partial charge in [0.25, 0.3) is 0 Å². The van der Waals surface area contributed by atoms with Crippen molar-refractivity contribution in [3.8, 4) is 0 Å². The van der Waals surface area contributed by atoms with Gasteiger partial charge in [-0.1, -0.05) is 72.8 Å². The van der Waals surface area contributed by atoms with Crippen LogP contribution < -0.4 is 16.2 Å². The molecule has 0 unspecified atom stereocenters. The smallest absolute Gasteiger partial charge is 0.0343 e. The van der Waals surface area contributed by atoms with Gasteiger partial charge in [0, 0.05) is 18.1 Å². The lowest BCUT2D eigenvalue weighted by Crippen LogP contribution is -2.29. The average molecular weight is 362 g/mol. The fraction of sp³-hybridized carbons (Fsp3) is 0.0385. The summed E-state index contributed by atoms with van der Waals surface area (Å²) >= 11 is 0. The maximum atomic E-state index is 5.94. The van der Waals surface area contributed by atoms with Gasteiger partial charge in [-0.05, 0) is 63.4 Å². The van der Waals surface area contributed by atoms with E-state index in [2.05, 4.69) is 78.6 Å². The molecule has 2 heteroatoms. The van der Waals surface area contributed by atoms with E-state index in [0.29, 0.717) is 0 Å². The van der Waals surface area contributed by atoms with Gasteiger partial charge in [-0.25, -0.2) is 0 Å². The first-order chi connectivity index (χ1) is 13.7. The van der Waals surface area contributed by atoms with Crippen LogP contribution in [0.2, 0.25) is 0 Å². The molecule has 4 aromatic rings. The fourth-order valence-electron chi connectivity index (χ4n) is 3.50. The van der Waals surface area contributed by atoms with Crippen LogP contribution in [-0.4, -0.2) is 4.98 Å². The van der Waals surface area contributed by atoms with E-state index in [9.17, 15) is 0 Å². The summed E-state index contributed by atoms with van der Waals surface area (Å²) in [6.45, 7) is 2.15. The van der Waals surface area contributed by atoms with E-state index in [4.69, 9.17) is 5.73 Å². The molecule has 0 saturated carbocycles. The van der Waals surface area contributed by atoms with Crippen molar-refractivity contribution in [3.05, 3.63) is 131 Å². The zero-order chi connectivity index (χ0) is 19.3. The van der Waals surface area contributed by atoms with Crippen molar-refractivity contribution in [2.45, 2.75) is 6.92 Å². The normalized spacial score (nSPS) is 13.0. The summed E-state index contributed by atoms with van der Waals surface area (Å²) < 4.78 is 0. The van der Waals surface area contributed by atoms with Crippen LogP contribution in [-0.2, 0) is 0 Å². The van der Waals surface area contributed by atoms with Crippen molar-refractivity contribution >= 4 is 16.8 Å². The van der Waals surface area contributed by atoms with Crippen LogP contribution in [0.4, 0.5) is 5.69 Å². The van der Waals surface area contributed by atoms with Crippen molar-refractivity contribution in [1.29, 1.82) is 0 Å². The Morgan fingerprint density at radius 2 is 1.25 bits per heavy atom. The van der Waals surface area contributed by atoms with Crippen molar-refractivity contribution < 1.29 is 0 Å². The molecule has 0 aliphatic rings. The van der Waals surface area contributed by atoms with Gasteiger partial charge in [-0.2, -0.15) is 0 Å². The van der Waals surface area contributed by atoms with Gasteiger partial charge in [0.2, 0.25) is 0 Å². The van der Waals surface area contributed by atoms with Crippen molar-refractivity contribution in [2.75, 3.05) is 5.73 Å². The highest BCUT2D eigenvalue weighted by Crippen LogP contribution is 2.21. The van der Waals surface area contributed by atoms with Gasteiger partial charge >= 0.3 is 0 Å². The second-order valence-electron chi connectivity index (χ2n) is 6.78. The Bertz CT molecular complexity index is 1190. The molecule has 1 heterocycles. The molecule has 0 fully saturated rings. The Kier molecular flexibility index (Phi) is 5.03. The van der Waals surface area contributed by atoms with E-state index in [0.717, 1.165) is 16.8 Å². The Morgan fingerprint density at radius 1 is 0.643 bits per heavy atom. The fourth-order valence-corrected chi connectivity index (χ4v) is 3.50. The SMILES string of the molecule is C/C(c1cccnc1)=c1/cccc/c1=C(/c1ccccc1)c1ccc(N)cc1. The number of benzene rings is 3. The third kappa shape index (κ3) is 3.58. The maximum absolute atomic E-state index is 5.94. The van der Waals surface area contributed by atoms with Gasteiger partial charge in [0.05, 0.1) is 0 Å². The quantitative estimate of drug-likeness (QED) is 0.557. The second-order valence-corrected chi connectivity index (χ2v) is 6.78. The highest BCUT2D eigenvalue weighted by molar-refractivity contribution is 5.80. The molecule has 0 bridgehead atoms. The molecule has 136 valence electrons. The highest BCUT2D eigenvalue weighted by Gasteiger charge is 2.08. The lowest BCUT2D eigenvalue weighted by Gasteiger charge is -2.11. The van der Waals surface area contributed by atoms with E-state index < -0.39 is 0 Å². The van der Waals surface area contributed by atoms with E-state index in [1.165, 1.54) is 27.1 Å². The minimum absolute atomic E-state index is 0.766. The van der Waals surface area contributed by atoms with Crippen LogP contribution in [0.3, 0.4) is 0 Å². The Hall–Kier alpha value is -3.65. The van der Waals surface area contributed by atoms with Crippen LogP contribution >= 0.6 is 0 Å². The molecule has 2 N–H and O–H groups in total. The molecule has 4 rings (SSSR count). The van der Waals surface area contributed by atoms with Crippen molar-refractivity contribution in [3.63, 3.8) is 0 Å². The standard InChI is InChI=1S/C26H22N2/c1-19(22-10-7-17-28-18-22)24-11-5-6-12-25(24)26(20-8-3-2-4-9-20)21-13-15-23(27)16-14-21/h2-18H,27H2,1H3/b24-19+,26-25+. The van der Waals surface area contributed by atoms with Crippen molar-refractivity contribution in [2.24, 2.45) is 0 Å². The second kappa shape index (κ2) is 7.93. The summed E-state index contributed by atoms with van der Waals surface area (Å²) in [4.78, 5) is 4.29. The molecule has 0 amide bonds. The lowest BCUT2D eigenvalue weighted by atomic mass is 9.93. The average Bonchev–Trinajstić information content (AvgIpc) is 2.76. The molecule has 3 aromatic carbocycles. The number of pyridine rings is 1. The van der Waals surface area contributed by atoms with Crippen LogP contribution in [0.5, 0.6) is 0 Å². The lowest BCUT2D eigenvalue weighted by molar-refractivity contribution is 1.29. The zero-order valence-electron chi connectivity index (χ0n) is 15.8. The molecular formula is C26H22N2. The summed E-state index contributed by atoms with van der Waals surface area (Å²) in [5.41, 5.74) is 12.5. The summed E-state index contributed by atoms with van der Waals surface area (Å²) in [7, 11) is 0. The molecule has 0 aliphatic carbocycles. The molecule has 0 radical (unpaired) electrons. The van der Waals surface area contributed by atoms with Gasteiger partial charge in [-0.15, -0.1) is 0 Å². The van der Waals surface area contributed by atoms with Crippen LogP contribution in [0.1, 0.15) is 23.6 Å². The maximum Gasteiger partial charge on any atom is 0.0343 e. The zero-order valence-corrected chi connectivity index (χ0v) is 15.8. The summed E-state index contributed by atoms with van der Waals surface area (Å²) in [5.74, 6) is 0. The molecule has 1 aromatic heterocycles. The van der Waals surface area contributed by atoms with Gasteiger partial charge in [-0.3, -0.25) is 4.98 Å². The number of nitrogens with zero attached hydrogens (tertiary/aromatic N) is 1. The summed E-state index contributed by atoms with van der Waals surface area (Å²) in [5, 5.41) is 2.39. The number of aromatic nitrogens is 1. The third-order valence-corrected chi connectivity index (χ3v) is 4.96. The number of rotatable bonds is 3. The van der Waals surface area contributed by atoms with Crippen molar-refractivity contribution in [1.82, 2.24) is 4.98 Å². The number of nitrogen functional groups attached to an aromatic ring is 1. The van der Waals surface area contributed by atoms with Crippen LogP contribution in [0, 0.1) is 0 Å².